The van der Waals surface area contributed by atoms with Crippen LogP contribution in [0.1, 0.15) is 0 Å². The lowest BCUT2D eigenvalue weighted by Gasteiger charge is -2.27. The van der Waals surface area contributed by atoms with Crippen LogP contribution >= 0.6 is 7.26 Å². The molecule has 0 aliphatic rings. The molecule has 0 aliphatic heterocycles. The molecule has 3 aromatic rings. The zero-order chi connectivity index (χ0) is 22.5. The molecule has 0 saturated heterocycles. The Morgan fingerprint density at radius 2 is 1.03 bits per heavy atom. The zero-order valence-corrected chi connectivity index (χ0v) is 21.1. The molecule has 0 spiro atoms. The second-order valence-corrected chi connectivity index (χ2v) is 10.8. The number of nitrogens with two attached hydrogens (primary N) is 1. The summed E-state index contributed by atoms with van der Waals surface area (Å²) >= 11 is 0. The molecule has 3 rings (SSSR count). The number of rotatable bonds is 13. The number of benzene rings is 3. The first-order valence-electron chi connectivity index (χ1n) is 10.8. The van der Waals surface area contributed by atoms with E-state index in [4.69, 9.17) is 19.9 Å². The predicted octanol–water partition coefficient (Wildman–Crippen LogP) is -0.480. The molecule has 0 heterocycles. The molecular weight excluding hydrogens is 501 g/mol. The summed E-state index contributed by atoms with van der Waals surface area (Å²) in [6, 6.07) is 32.3. The van der Waals surface area contributed by atoms with Crippen molar-refractivity contribution in [3.63, 3.8) is 0 Å². The second-order valence-electron chi connectivity index (χ2n) is 7.19. The minimum Gasteiger partial charge on any atom is -1.00 e. The first-order chi connectivity index (χ1) is 15.8. The quantitative estimate of drug-likeness (QED) is 0.183. The van der Waals surface area contributed by atoms with E-state index >= 15 is 0 Å². The maximum atomic E-state index is 11.0. The molecule has 176 valence electrons. The van der Waals surface area contributed by atoms with Crippen molar-refractivity contribution in [3.05, 3.63) is 91.0 Å². The highest BCUT2D eigenvalue weighted by atomic mass is 79.9. The van der Waals surface area contributed by atoms with Gasteiger partial charge in [-0.3, -0.25) is 4.79 Å². The van der Waals surface area contributed by atoms with Crippen LogP contribution in [0.25, 0.3) is 0 Å². The van der Waals surface area contributed by atoms with Gasteiger partial charge in [0.2, 0.25) is 0 Å². The van der Waals surface area contributed by atoms with Crippen molar-refractivity contribution in [1.82, 2.24) is 0 Å². The van der Waals surface area contributed by atoms with Crippen LogP contribution in [0.15, 0.2) is 91.0 Å². The van der Waals surface area contributed by atoms with Crippen molar-refractivity contribution in [2.75, 3.05) is 45.7 Å². The van der Waals surface area contributed by atoms with Crippen LogP contribution < -0.4 is 38.6 Å². The molecule has 0 aromatic heterocycles. The third-order valence-corrected chi connectivity index (χ3v) is 9.58. The minimum atomic E-state index is -1.87. The third-order valence-electron chi connectivity index (χ3n) is 5.19. The summed E-state index contributed by atoms with van der Waals surface area (Å²) in [5.74, 6) is -0.423. The molecule has 0 fully saturated rings. The van der Waals surface area contributed by atoms with E-state index in [-0.39, 0.29) is 30.1 Å². The Hall–Kier alpha value is -2.08. The summed E-state index contributed by atoms with van der Waals surface area (Å²) in [5, 5.41) is 4.04. The van der Waals surface area contributed by atoms with Gasteiger partial charge in [-0.15, -0.1) is 0 Å². The lowest BCUT2D eigenvalue weighted by atomic mass is 10.4. The van der Waals surface area contributed by atoms with Gasteiger partial charge in [0.05, 0.1) is 39.1 Å². The van der Waals surface area contributed by atoms with Crippen LogP contribution in [-0.4, -0.2) is 51.7 Å². The fraction of sp³-hybridized carbons (Fsp3) is 0.269. The van der Waals surface area contributed by atoms with Gasteiger partial charge in [-0.25, -0.2) is 0 Å². The molecule has 0 atom stereocenters. The van der Waals surface area contributed by atoms with E-state index in [1.165, 1.54) is 15.9 Å². The van der Waals surface area contributed by atoms with Gasteiger partial charge in [0.15, 0.2) is 0 Å². The molecule has 0 saturated carbocycles. The summed E-state index contributed by atoms with van der Waals surface area (Å²) in [7, 11) is -1.87. The van der Waals surface area contributed by atoms with Crippen molar-refractivity contribution in [3.8, 4) is 0 Å². The monoisotopic (exact) mass is 531 g/mol. The predicted molar refractivity (Wildman–Crippen MR) is 132 cm³/mol. The highest BCUT2D eigenvalue weighted by Gasteiger charge is 2.44. The molecule has 33 heavy (non-hydrogen) atoms. The lowest BCUT2D eigenvalue weighted by molar-refractivity contribution is -0.143. The summed E-state index contributed by atoms with van der Waals surface area (Å²) in [5.41, 5.74) is 5.20. The summed E-state index contributed by atoms with van der Waals surface area (Å²) < 4.78 is 16.3. The van der Waals surface area contributed by atoms with Gasteiger partial charge in [0.25, 0.3) is 0 Å². The van der Waals surface area contributed by atoms with Crippen LogP contribution in [-0.2, 0) is 19.0 Å². The standard InChI is InChI=1S/C26H31NO4P.BrH/c27-22-26(28)31-19-18-29-16-17-30-20-21-32(23-10-4-1-5-11-23,24-12-6-2-7-13-24)25-14-8-3-9-15-25;/h1-15H,16-22,27H2;1H/q+1;/p-1. The van der Waals surface area contributed by atoms with Gasteiger partial charge < -0.3 is 36.9 Å². The summed E-state index contributed by atoms with van der Waals surface area (Å²) in [6.07, 6.45) is 0.902. The number of carbonyl (C=O) groups is 1. The van der Waals surface area contributed by atoms with E-state index in [2.05, 4.69) is 91.0 Å². The Balaban J connectivity index is 0.00000385. The average molecular weight is 532 g/mol. The Kier molecular flexibility index (Phi) is 12.3. The topological polar surface area (TPSA) is 70.8 Å². The maximum absolute atomic E-state index is 11.0. The van der Waals surface area contributed by atoms with E-state index in [0.717, 1.165) is 6.16 Å². The fourth-order valence-electron chi connectivity index (χ4n) is 3.68. The lowest BCUT2D eigenvalue weighted by Crippen LogP contribution is -3.00. The molecule has 7 heteroatoms. The Bertz CT molecular complexity index is 832. The Labute approximate surface area is 207 Å². The van der Waals surface area contributed by atoms with E-state index in [0.29, 0.717) is 26.4 Å². The molecule has 0 amide bonds. The van der Waals surface area contributed by atoms with Gasteiger partial charge in [0.1, 0.15) is 29.8 Å². The highest BCUT2D eigenvalue weighted by molar-refractivity contribution is 7.95. The first kappa shape index (κ1) is 27.2. The molecular formula is C26H31BrNO4P. The van der Waals surface area contributed by atoms with E-state index in [1.54, 1.807) is 0 Å². The molecule has 5 nitrogen and oxygen atoms in total. The summed E-state index contributed by atoms with van der Waals surface area (Å²) in [4.78, 5) is 11.0. The van der Waals surface area contributed by atoms with Gasteiger partial charge in [-0.05, 0) is 36.4 Å². The van der Waals surface area contributed by atoms with E-state index in [9.17, 15) is 4.79 Å². The second kappa shape index (κ2) is 14.9. The van der Waals surface area contributed by atoms with Crippen molar-refractivity contribution in [1.29, 1.82) is 0 Å². The molecule has 3 aromatic carbocycles. The van der Waals surface area contributed by atoms with E-state index in [1.807, 2.05) is 0 Å². The zero-order valence-electron chi connectivity index (χ0n) is 18.6. The molecule has 2 N–H and O–H groups in total. The fourth-order valence-corrected chi connectivity index (χ4v) is 7.79. The maximum Gasteiger partial charge on any atom is 0.319 e. The first-order valence-corrected chi connectivity index (χ1v) is 12.8. The molecule has 0 bridgehead atoms. The van der Waals surface area contributed by atoms with Crippen LogP contribution in [0.4, 0.5) is 0 Å². The van der Waals surface area contributed by atoms with E-state index < -0.39 is 13.2 Å². The number of ether oxygens (including phenoxy) is 3. The van der Waals surface area contributed by atoms with Crippen molar-refractivity contribution in [2.45, 2.75) is 0 Å². The number of carbonyl (C=O) groups excluding carboxylic acids is 1. The van der Waals surface area contributed by atoms with Gasteiger partial charge in [0, 0.05) is 0 Å². The number of hydrogen-bond acceptors (Lipinski definition) is 5. The highest BCUT2D eigenvalue weighted by Crippen LogP contribution is 2.54. The number of hydrogen-bond donors (Lipinski definition) is 1. The minimum absolute atomic E-state index is 0. The molecule has 0 unspecified atom stereocenters. The van der Waals surface area contributed by atoms with Gasteiger partial charge in [-0.1, -0.05) is 54.6 Å². The SMILES string of the molecule is NCC(=O)OCCOCCOCC[P+](c1ccccc1)(c1ccccc1)c1ccccc1.[Br-]. The van der Waals surface area contributed by atoms with Crippen molar-refractivity contribution in [2.24, 2.45) is 5.73 Å². The summed E-state index contributed by atoms with van der Waals surface area (Å²) in [6.45, 7) is 2.00. The van der Waals surface area contributed by atoms with Gasteiger partial charge >= 0.3 is 5.97 Å². The largest absolute Gasteiger partial charge is 1.00 e. The van der Waals surface area contributed by atoms with Crippen molar-refractivity contribution >= 4 is 29.1 Å². The normalized spacial score (nSPS) is 10.9. The molecule has 0 radical (unpaired) electrons. The smallest absolute Gasteiger partial charge is 0.319 e. The average Bonchev–Trinajstić information content (AvgIpc) is 2.87. The third kappa shape index (κ3) is 7.73. The van der Waals surface area contributed by atoms with Crippen LogP contribution in [0.5, 0.6) is 0 Å². The van der Waals surface area contributed by atoms with Crippen LogP contribution in [0, 0.1) is 0 Å². The number of esters is 1. The van der Waals surface area contributed by atoms with Crippen LogP contribution in [0.3, 0.4) is 0 Å². The molecule has 0 aliphatic carbocycles. The number of halogens is 1. The van der Waals surface area contributed by atoms with Gasteiger partial charge in [-0.2, -0.15) is 0 Å². The van der Waals surface area contributed by atoms with Crippen LogP contribution in [0.2, 0.25) is 0 Å². The Morgan fingerprint density at radius 1 is 0.636 bits per heavy atom. The Morgan fingerprint density at radius 3 is 1.45 bits per heavy atom. The van der Waals surface area contributed by atoms with Crippen molar-refractivity contribution < 1.29 is 36.0 Å².